The Morgan fingerprint density at radius 2 is 1.88 bits per heavy atom. The van der Waals surface area contributed by atoms with Crippen molar-refractivity contribution in [3.8, 4) is 11.4 Å². The number of aromatic nitrogens is 4. The van der Waals surface area contributed by atoms with Crippen LogP contribution in [-0.4, -0.2) is 42.7 Å². The van der Waals surface area contributed by atoms with Crippen LogP contribution in [0.25, 0.3) is 11.4 Å². The van der Waals surface area contributed by atoms with E-state index in [-0.39, 0.29) is 18.9 Å². The zero-order valence-corrected chi connectivity index (χ0v) is 13.8. The molecule has 2 N–H and O–H groups in total. The predicted molar refractivity (Wildman–Crippen MR) is 87.0 cm³/mol. The van der Waals surface area contributed by atoms with Crippen molar-refractivity contribution in [1.82, 2.24) is 25.5 Å². The first-order valence-electron chi connectivity index (χ1n) is 7.84. The normalized spacial score (nSPS) is 11.2. The molecule has 128 valence electrons. The van der Waals surface area contributed by atoms with E-state index in [2.05, 4.69) is 20.7 Å². The Kier molecular flexibility index (Phi) is 5.62. The number of hydrogen-bond acceptors (Lipinski definition) is 5. The van der Waals surface area contributed by atoms with Crippen LogP contribution in [0.4, 0.5) is 0 Å². The number of hydrogen-bond donors (Lipinski definition) is 2. The molecule has 0 unspecified atom stereocenters. The molecular weight excluding hydrogens is 310 g/mol. The van der Waals surface area contributed by atoms with Crippen LogP contribution in [-0.2, 0) is 16.1 Å². The standard InChI is InChI=1S/C16H21N5O3/c1-3-16(4-2,10-14(23)24)17-13(22)11-21-19-15(18-20-21)12-8-6-5-7-9-12/h5-9H,3-4,10-11H2,1-2H3,(H,17,22)(H,23,24). The molecule has 0 saturated heterocycles. The Morgan fingerprint density at radius 1 is 1.21 bits per heavy atom. The number of carbonyl (C=O) groups is 2. The smallest absolute Gasteiger partial charge is 0.305 e. The van der Waals surface area contributed by atoms with Crippen molar-refractivity contribution in [3.63, 3.8) is 0 Å². The second kappa shape index (κ2) is 7.67. The number of carbonyl (C=O) groups excluding carboxylic acids is 1. The highest BCUT2D eigenvalue weighted by atomic mass is 16.4. The first kappa shape index (κ1) is 17.6. The molecular formula is C16H21N5O3. The number of rotatable bonds is 8. The van der Waals surface area contributed by atoms with Gasteiger partial charge < -0.3 is 10.4 Å². The van der Waals surface area contributed by atoms with Crippen LogP contribution in [0, 0.1) is 0 Å². The number of tetrazole rings is 1. The van der Waals surface area contributed by atoms with Crippen molar-refractivity contribution < 1.29 is 14.7 Å². The molecule has 2 aromatic rings. The zero-order valence-electron chi connectivity index (χ0n) is 13.8. The van der Waals surface area contributed by atoms with Gasteiger partial charge in [0.2, 0.25) is 11.7 Å². The molecule has 0 saturated carbocycles. The van der Waals surface area contributed by atoms with E-state index in [0.717, 1.165) is 5.56 Å². The molecule has 2 rings (SSSR count). The molecule has 0 atom stereocenters. The summed E-state index contributed by atoms with van der Waals surface area (Å²) in [7, 11) is 0. The van der Waals surface area contributed by atoms with Gasteiger partial charge in [-0.2, -0.15) is 4.80 Å². The second-order valence-corrected chi connectivity index (χ2v) is 5.62. The van der Waals surface area contributed by atoms with Gasteiger partial charge in [-0.25, -0.2) is 0 Å². The molecule has 24 heavy (non-hydrogen) atoms. The Hall–Kier alpha value is -2.77. The van der Waals surface area contributed by atoms with Gasteiger partial charge in [0.05, 0.1) is 12.0 Å². The van der Waals surface area contributed by atoms with Gasteiger partial charge in [-0.05, 0) is 18.1 Å². The van der Waals surface area contributed by atoms with Crippen LogP contribution in [0.1, 0.15) is 33.1 Å². The van der Waals surface area contributed by atoms with E-state index in [4.69, 9.17) is 5.11 Å². The maximum Gasteiger partial charge on any atom is 0.305 e. The van der Waals surface area contributed by atoms with Crippen molar-refractivity contribution >= 4 is 11.9 Å². The zero-order chi connectivity index (χ0) is 17.6. The molecule has 8 nitrogen and oxygen atoms in total. The molecule has 1 heterocycles. The third kappa shape index (κ3) is 4.37. The number of carboxylic acid groups (broad SMARTS) is 1. The quantitative estimate of drug-likeness (QED) is 0.758. The van der Waals surface area contributed by atoms with Crippen molar-refractivity contribution in [1.29, 1.82) is 0 Å². The molecule has 0 aliphatic rings. The van der Waals surface area contributed by atoms with Gasteiger partial charge in [-0.15, -0.1) is 10.2 Å². The maximum atomic E-state index is 12.2. The molecule has 1 amide bonds. The fourth-order valence-electron chi connectivity index (χ4n) is 2.49. The summed E-state index contributed by atoms with van der Waals surface area (Å²) in [6, 6.07) is 9.33. The summed E-state index contributed by atoms with van der Waals surface area (Å²) in [6.45, 7) is 3.60. The van der Waals surface area contributed by atoms with Gasteiger partial charge in [0.1, 0.15) is 6.54 Å². The summed E-state index contributed by atoms with van der Waals surface area (Å²) in [5, 5.41) is 23.8. The van der Waals surface area contributed by atoms with Crippen LogP contribution in [0.5, 0.6) is 0 Å². The first-order chi connectivity index (χ1) is 11.5. The van der Waals surface area contributed by atoms with Crippen molar-refractivity contribution in [2.45, 2.75) is 45.2 Å². The van der Waals surface area contributed by atoms with E-state index in [1.54, 1.807) is 0 Å². The van der Waals surface area contributed by atoms with E-state index in [9.17, 15) is 9.59 Å². The van der Waals surface area contributed by atoms with E-state index >= 15 is 0 Å². The summed E-state index contributed by atoms with van der Waals surface area (Å²) >= 11 is 0. The minimum Gasteiger partial charge on any atom is -0.481 e. The number of nitrogens with one attached hydrogen (secondary N) is 1. The Balaban J connectivity index is 2.04. The SMILES string of the molecule is CCC(CC)(CC(=O)O)NC(=O)Cn1nnc(-c2ccccc2)n1. The number of amides is 1. The van der Waals surface area contributed by atoms with Crippen molar-refractivity contribution in [3.05, 3.63) is 30.3 Å². The van der Waals surface area contributed by atoms with Gasteiger partial charge in [-0.1, -0.05) is 44.2 Å². The number of carboxylic acids is 1. The number of benzene rings is 1. The molecule has 0 aliphatic carbocycles. The highest BCUT2D eigenvalue weighted by Gasteiger charge is 2.31. The summed E-state index contributed by atoms with van der Waals surface area (Å²) < 4.78 is 0. The molecule has 0 radical (unpaired) electrons. The molecule has 0 fully saturated rings. The molecule has 0 spiro atoms. The molecule has 1 aromatic carbocycles. The molecule has 0 aliphatic heterocycles. The second-order valence-electron chi connectivity index (χ2n) is 5.62. The summed E-state index contributed by atoms with van der Waals surface area (Å²) in [5.41, 5.74) is 0.0534. The van der Waals surface area contributed by atoms with E-state index < -0.39 is 11.5 Å². The Labute approximate surface area is 139 Å². The first-order valence-corrected chi connectivity index (χ1v) is 7.84. The summed E-state index contributed by atoms with van der Waals surface area (Å²) in [6.07, 6.45) is 0.939. The van der Waals surface area contributed by atoms with Crippen LogP contribution >= 0.6 is 0 Å². The fourth-order valence-corrected chi connectivity index (χ4v) is 2.49. The summed E-state index contributed by atoms with van der Waals surface area (Å²) in [4.78, 5) is 24.5. The predicted octanol–water partition coefficient (Wildman–Crippen LogP) is 1.49. The van der Waals surface area contributed by atoms with Crippen molar-refractivity contribution in [2.75, 3.05) is 0 Å². The van der Waals surface area contributed by atoms with Gasteiger partial charge in [0, 0.05) is 5.56 Å². The van der Waals surface area contributed by atoms with E-state index in [1.807, 2.05) is 44.2 Å². The lowest BCUT2D eigenvalue weighted by molar-refractivity contribution is -0.139. The molecule has 1 aromatic heterocycles. The number of nitrogens with zero attached hydrogens (tertiary/aromatic N) is 4. The van der Waals surface area contributed by atoms with Crippen LogP contribution in [0.3, 0.4) is 0 Å². The third-order valence-corrected chi connectivity index (χ3v) is 4.02. The van der Waals surface area contributed by atoms with Crippen LogP contribution in [0.15, 0.2) is 30.3 Å². The Morgan fingerprint density at radius 3 is 2.46 bits per heavy atom. The minimum absolute atomic E-state index is 0.110. The highest BCUT2D eigenvalue weighted by Crippen LogP contribution is 2.20. The van der Waals surface area contributed by atoms with Crippen molar-refractivity contribution in [2.24, 2.45) is 0 Å². The van der Waals surface area contributed by atoms with Crippen LogP contribution < -0.4 is 5.32 Å². The molecule has 0 bridgehead atoms. The topological polar surface area (TPSA) is 110 Å². The van der Waals surface area contributed by atoms with Gasteiger partial charge in [-0.3, -0.25) is 9.59 Å². The highest BCUT2D eigenvalue weighted by molar-refractivity contribution is 5.78. The summed E-state index contributed by atoms with van der Waals surface area (Å²) in [5.74, 6) is -0.840. The minimum atomic E-state index is -0.941. The van der Waals surface area contributed by atoms with Crippen LogP contribution in [0.2, 0.25) is 0 Å². The third-order valence-electron chi connectivity index (χ3n) is 4.02. The number of aliphatic carboxylic acids is 1. The van der Waals surface area contributed by atoms with Gasteiger partial charge >= 0.3 is 5.97 Å². The lowest BCUT2D eigenvalue weighted by Gasteiger charge is -2.31. The largest absolute Gasteiger partial charge is 0.481 e. The molecule has 8 heteroatoms. The van der Waals surface area contributed by atoms with E-state index in [0.29, 0.717) is 18.7 Å². The lowest BCUT2D eigenvalue weighted by Crippen LogP contribution is -2.50. The fraction of sp³-hybridized carbons (Fsp3) is 0.438. The monoisotopic (exact) mass is 331 g/mol. The van der Waals surface area contributed by atoms with Gasteiger partial charge in [0.25, 0.3) is 0 Å². The average Bonchev–Trinajstić information content (AvgIpc) is 3.02. The average molecular weight is 331 g/mol. The maximum absolute atomic E-state index is 12.2. The Bertz CT molecular complexity index is 695. The van der Waals surface area contributed by atoms with E-state index in [1.165, 1.54) is 4.80 Å². The van der Waals surface area contributed by atoms with Gasteiger partial charge in [0.15, 0.2) is 0 Å². The lowest BCUT2D eigenvalue weighted by atomic mass is 9.89.